The third-order valence-electron chi connectivity index (χ3n) is 14.6. The molecule has 0 radical (unpaired) electrons. The standard InChI is InChI=1S/C70H54N2/c1-49-18-13-15-28-67(49)70(2,3)60-35-41-63(42-36-60)71(61-37-30-53(31-38-61)50-19-7-4-8-20-50)62-39-32-54(33-40-62)55-25-17-26-56(44-55)57-34-43-69-66(48-57)65-27-14-16-29-68(65)72(69)64-46-58(51-21-9-5-10-22-51)45-59(47-64)52-23-11-6-12-24-52/h4-48H,1-3H3. The van der Waals surface area contributed by atoms with Crippen LogP contribution in [0.5, 0.6) is 0 Å². The smallest absolute Gasteiger partial charge is 0.0541 e. The van der Waals surface area contributed by atoms with Crippen LogP contribution in [0.15, 0.2) is 273 Å². The summed E-state index contributed by atoms with van der Waals surface area (Å²) in [6.45, 7) is 6.85. The summed E-state index contributed by atoms with van der Waals surface area (Å²) in [7, 11) is 0. The van der Waals surface area contributed by atoms with E-state index in [0.29, 0.717) is 0 Å². The average molecular weight is 923 g/mol. The Bertz CT molecular complexity index is 3790. The summed E-state index contributed by atoms with van der Waals surface area (Å²) in [6, 6.07) is 99.6. The molecule has 344 valence electrons. The fourth-order valence-electron chi connectivity index (χ4n) is 10.8. The lowest BCUT2D eigenvalue weighted by Crippen LogP contribution is -2.20. The molecule has 0 aliphatic heterocycles. The van der Waals surface area contributed by atoms with Gasteiger partial charge < -0.3 is 9.47 Å². The summed E-state index contributed by atoms with van der Waals surface area (Å²) in [4.78, 5) is 2.37. The molecule has 72 heavy (non-hydrogen) atoms. The minimum absolute atomic E-state index is 0.143. The van der Waals surface area contributed by atoms with Gasteiger partial charge in [0.05, 0.1) is 11.0 Å². The number of nitrogens with zero attached hydrogens (tertiary/aromatic N) is 2. The molecule has 0 N–H and O–H groups in total. The molecule has 0 unspecified atom stereocenters. The van der Waals surface area contributed by atoms with Gasteiger partial charge in [0, 0.05) is 38.9 Å². The molecule has 0 aliphatic carbocycles. The van der Waals surface area contributed by atoms with Crippen molar-refractivity contribution in [1.29, 1.82) is 0 Å². The van der Waals surface area contributed by atoms with Crippen molar-refractivity contribution in [3.63, 3.8) is 0 Å². The highest BCUT2D eigenvalue weighted by Gasteiger charge is 2.25. The average Bonchev–Trinajstić information content (AvgIpc) is 3.78. The number of anilines is 3. The van der Waals surface area contributed by atoms with E-state index >= 15 is 0 Å². The zero-order valence-electron chi connectivity index (χ0n) is 40.9. The molecule has 12 aromatic rings. The highest BCUT2D eigenvalue weighted by Crippen LogP contribution is 2.42. The van der Waals surface area contributed by atoms with Crippen molar-refractivity contribution in [1.82, 2.24) is 4.57 Å². The molecule has 0 fully saturated rings. The van der Waals surface area contributed by atoms with E-state index in [0.717, 1.165) is 22.7 Å². The predicted molar refractivity (Wildman–Crippen MR) is 306 cm³/mol. The van der Waals surface area contributed by atoms with Crippen molar-refractivity contribution in [3.05, 3.63) is 290 Å². The van der Waals surface area contributed by atoms with Gasteiger partial charge in [0.1, 0.15) is 0 Å². The molecule has 0 spiro atoms. The third-order valence-corrected chi connectivity index (χ3v) is 14.6. The molecule has 0 atom stereocenters. The Kier molecular flexibility index (Phi) is 11.5. The summed E-state index contributed by atoms with van der Waals surface area (Å²) in [5.74, 6) is 0. The number of aryl methyl sites for hydroxylation is 1. The van der Waals surface area contributed by atoms with E-state index in [4.69, 9.17) is 0 Å². The van der Waals surface area contributed by atoms with E-state index in [9.17, 15) is 0 Å². The van der Waals surface area contributed by atoms with Gasteiger partial charge in [0.25, 0.3) is 0 Å². The van der Waals surface area contributed by atoms with Crippen LogP contribution in [-0.2, 0) is 5.41 Å². The van der Waals surface area contributed by atoms with E-state index in [2.05, 4.69) is 303 Å². The molecule has 1 heterocycles. The van der Waals surface area contributed by atoms with Crippen molar-refractivity contribution < 1.29 is 0 Å². The maximum absolute atomic E-state index is 2.44. The molecular weight excluding hydrogens is 869 g/mol. The van der Waals surface area contributed by atoms with Crippen LogP contribution in [0.25, 0.3) is 83.1 Å². The Balaban J connectivity index is 0.892. The van der Waals surface area contributed by atoms with Crippen molar-refractivity contribution in [2.24, 2.45) is 0 Å². The lowest BCUT2D eigenvalue weighted by atomic mass is 9.76. The van der Waals surface area contributed by atoms with Crippen LogP contribution >= 0.6 is 0 Å². The maximum Gasteiger partial charge on any atom is 0.0541 e. The van der Waals surface area contributed by atoms with Crippen molar-refractivity contribution in [2.75, 3.05) is 4.90 Å². The molecule has 0 bridgehead atoms. The van der Waals surface area contributed by atoms with Crippen LogP contribution in [0, 0.1) is 6.92 Å². The SMILES string of the molecule is Cc1ccccc1C(C)(C)c1ccc(N(c2ccc(-c3ccccc3)cc2)c2ccc(-c3cccc(-c4ccc5c(c4)c4ccccc4n5-c4cc(-c5ccccc5)cc(-c5ccccc5)c4)c3)cc2)cc1. The molecule has 0 aliphatic rings. The van der Waals surface area contributed by atoms with Gasteiger partial charge in [-0.3, -0.25) is 0 Å². The quantitative estimate of drug-likeness (QED) is 0.125. The monoisotopic (exact) mass is 922 g/mol. The molecule has 12 rings (SSSR count). The summed E-state index contributed by atoms with van der Waals surface area (Å²) < 4.78 is 2.44. The van der Waals surface area contributed by atoms with Gasteiger partial charge in [0.15, 0.2) is 0 Å². The summed E-state index contributed by atoms with van der Waals surface area (Å²) in [6.07, 6.45) is 0. The topological polar surface area (TPSA) is 8.17 Å². The number of benzene rings is 11. The number of rotatable bonds is 11. The Morgan fingerprint density at radius 3 is 1.29 bits per heavy atom. The molecule has 2 nitrogen and oxygen atoms in total. The number of fused-ring (bicyclic) bond motifs is 3. The zero-order chi connectivity index (χ0) is 48.6. The van der Waals surface area contributed by atoms with E-state index < -0.39 is 0 Å². The summed E-state index contributed by atoms with van der Waals surface area (Å²) in [5, 5.41) is 2.46. The van der Waals surface area contributed by atoms with E-state index in [1.165, 1.54) is 94.1 Å². The van der Waals surface area contributed by atoms with Crippen LogP contribution in [0.1, 0.15) is 30.5 Å². The second-order valence-corrected chi connectivity index (χ2v) is 19.4. The van der Waals surface area contributed by atoms with E-state index in [-0.39, 0.29) is 5.41 Å². The Morgan fingerprint density at radius 2 is 0.708 bits per heavy atom. The minimum atomic E-state index is -0.143. The summed E-state index contributed by atoms with van der Waals surface area (Å²) in [5.41, 5.74) is 22.5. The van der Waals surface area contributed by atoms with Crippen LogP contribution < -0.4 is 4.90 Å². The lowest BCUT2D eigenvalue weighted by Gasteiger charge is -2.30. The molecule has 0 amide bonds. The first-order valence-corrected chi connectivity index (χ1v) is 25.0. The van der Waals surface area contributed by atoms with Crippen molar-refractivity contribution in [3.8, 4) is 61.3 Å². The molecule has 0 saturated carbocycles. The number of aromatic nitrogens is 1. The van der Waals surface area contributed by atoms with Crippen molar-refractivity contribution in [2.45, 2.75) is 26.2 Å². The lowest BCUT2D eigenvalue weighted by molar-refractivity contribution is 0.636. The Morgan fingerprint density at radius 1 is 0.306 bits per heavy atom. The first-order chi connectivity index (χ1) is 35.4. The Labute approximate surface area is 423 Å². The highest BCUT2D eigenvalue weighted by molar-refractivity contribution is 6.10. The fraction of sp³-hybridized carbons (Fsp3) is 0.0571. The fourth-order valence-corrected chi connectivity index (χ4v) is 10.8. The van der Waals surface area contributed by atoms with Gasteiger partial charge in [0.2, 0.25) is 0 Å². The van der Waals surface area contributed by atoms with Gasteiger partial charge in [-0.05, 0) is 158 Å². The maximum atomic E-state index is 2.44. The second kappa shape index (κ2) is 18.7. The molecular formula is C70H54N2. The van der Waals surface area contributed by atoms with Gasteiger partial charge in [-0.25, -0.2) is 0 Å². The molecule has 11 aromatic carbocycles. The van der Waals surface area contributed by atoms with Crippen molar-refractivity contribution >= 4 is 38.9 Å². The number of hydrogen-bond acceptors (Lipinski definition) is 1. The third kappa shape index (κ3) is 8.37. The normalized spacial score (nSPS) is 11.5. The molecule has 0 saturated heterocycles. The first-order valence-electron chi connectivity index (χ1n) is 25.0. The highest BCUT2D eigenvalue weighted by atomic mass is 15.1. The molecule has 1 aromatic heterocycles. The molecule has 2 heteroatoms. The zero-order valence-corrected chi connectivity index (χ0v) is 40.9. The number of para-hydroxylation sites is 1. The minimum Gasteiger partial charge on any atom is -0.311 e. The van der Waals surface area contributed by atoms with Gasteiger partial charge >= 0.3 is 0 Å². The summed E-state index contributed by atoms with van der Waals surface area (Å²) >= 11 is 0. The van der Waals surface area contributed by atoms with Gasteiger partial charge in [-0.2, -0.15) is 0 Å². The van der Waals surface area contributed by atoms with Crippen LogP contribution in [0.2, 0.25) is 0 Å². The van der Waals surface area contributed by atoms with Gasteiger partial charge in [-0.15, -0.1) is 0 Å². The largest absolute Gasteiger partial charge is 0.311 e. The predicted octanol–water partition coefficient (Wildman–Crippen LogP) is 19.2. The van der Waals surface area contributed by atoms with Crippen LogP contribution in [0.4, 0.5) is 17.1 Å². The van der Waals surface area contributed by atoms with Crippen LogP contribution in [-0.4, -0.2) is 4.57 Å². The van der Waals surface area contributed by atoms with E-state index in [1.54, 1.807) is 0 Å². The van der Waals surface area contributed by atoms with E-state index in [1.807, 2.05) is 0 Å². The first kappa shape index (κ1) is 44.2. The van der Waals surface area contributed by atoms with Gasteiger partial charge in [-0.1, -0.05) is 208 Å². The van der Waals surface area contributed by atoms with Crippen LogP contribution in [0.3, 0.4) is 0 Å². The Hall–Kier alpha value is -8.98. The second-order valence-electron chi connectivity index (χ2n) is 19.4. The number of hydrogen-bond donors (Lipinski definition) is 0.